The first-order chi connectivity index (χ1) is 24.1. The van der Waals surface area contributed by atoms with Gasteiger partial charge in [0.05, 0.1) is 0 Å². The van der Waals surface area contributed by atoms with Gasteiger partial charge >= 0.3 is 0 Å². The van der Waals surface area contributed by atoms with Crippen molar-refractivity contribution in [1.82, 2.24) is 0 Å². The Morgan fingerprint density at radius 2 is 0.714 bits per heavy atom. The summed E-state index contributed by atoms with van der Waals surface area (Å²) in [5.74, 6) is 0. The van der Waals surface area contributed by atoms with Crippen LogP contribution in [0.3, 0.4) is 0 Å². The number of benzene rings is 2. The molecule has 0 saturated heterocycles. The Labute approximate surface area is 303 Å². The van der Waals surface area contributed by atoms with Crippen molar-refractivity contribution in [3.05, 3.63) is 87.5 Å². The zero-order valence-corrected chi connectivity index (χ0v) is 32.6. The van der Waals surface area contributed by atoms with Crippen LogP contribution in [0.2, 0.25) is 0 Å². The molecule has 0 N–H and O–H groups in total. The highest BCUT2D eigenvalue weighted by Crippen LogP contribution is 2.45. The van der Waals surface area contributed by atoms with Crippen molar-refractivity contribution in [2.24, 2.45) is 0 Å². The predicted octanol–water partition coefficient (Wildman–Crippen LogP) is 15.8. The fraction of sp³-hybridized carbons (Fsp3) is 0.660. The van der Waals surface area contributed by atoms with Gasteiger partial charge in [0.25, 0.3) is 0 Å². The Kier molecular flexibility index (Phi) is 21.3. The molecule has 1 heterocycles. The monoisotopic (exact) mass is 667 g/mol. The lowest BCUT2D eigenvalue weighted by Gasteiger charge is -2.12. The van der Waals surface area contributed by atoms with E-state index in [1.165, 1.54) is 181 Å². The normalized spacial score (nSPS) is 13.3. The van der Waals surface area contributed by atoms with E-state index >= 15 is 0 Å². The molecular formula is C47H74N2. The second kappa shape index (κ2) is 25.5. The summed E-state index contributed by atoms with van der Waals surface area (Å²) in [6, 6.07) is 18.3. The van der Waals surface area contributed by atoms with Gasteiger partial charge in [-0.2, -0.15) is 0 Å². The highest BCUT2D eigenvalue weighted by atomic mass is 15.2. The molecule has 1 aliphatic heterocycles. The van der Waals surface area contributed by atoms with Gasteiger partial charge in [0.1, 0.15) is 0 Å². The highest BCUT2D eigenvalue weighted by molar-refractivity contribution is 5.82. The predicted molar refractivity (Wildman–Crippen MR) is 216 cm³/mol. The van der Waals surface area contributed by atoms with Gasteiger partial charge in [0.2, 0.25) is 11.4 Å². The van der Waals surface area contributed by atoms with E-state index in [1.54, 1.807) is 4.70 Å². The number of unbranched alkanes of at least 4 members (excludes halogenated alkanes) is 19. The fourth-order valence-corrected chi connectivity index (χ4v) is 7.72. The molecule has 49 heavy (non-hydrogen) atoms. The molecule has 3 rings (SSSR count). The summed E-state index contributed by atoms with van der Waals surface area (Å²) in [4.78, 5) is 0. The van der Waals surface area contributed by atoms with Gasteiger partial charge in [-0.1, -0.05) is 174 Å². The Bertz CT molecular complexity index is 1260. The van der Waals surface area contributed by atoms with Crippen LogP contribution in [0.5, 0.6) is 0 Å². The summed E-state index contributed by atoms with van der Waals surface area (Å²) in [5.41, 5.74) is 22.3. The SMILES string of the molecule is CCCCCCCCCCCc1cccc(C2=C(CCCCCCCC)C(CCCCCCCC)=C(c3cccc(CCCC)c3)[N+]2=[N-])c1. The van der Waals surface area contributed by atoms with Crippen LogP contribution >= 0.6 is 0 Å². The molecule has 0 unspecified atom stereocenters. The van der Waals surface area contributed by atoms with Gasteiger partial charge in [-0.15, -0.1) is 0 Å². The minimum absolute atomic E-state index is 1.05. The molecule has 0 aromatic heterocycles. The molecule has 0 bridgehead atoms. The molecule has 2 aromatic rings. The maximum Gasteiger partial charge on any atom is 0.211 e. The van der Waals surface area contributed by atoms with Crippen molar-refractivity contribution < 1.29 is 4.70 Å². The summed E-state index contributed by atoms with van der Waals surface area (Å²) in [6.07, 6.45) is 34.4. The van der Waals surface area contributed by atoms with Gasteiger partial charge in [-0.05, 0) is 86.8 Å². The van der Waals surface area contributed by atoms with Crippen LogP contribution in [-0.4, -0.2) is 4.70 Å². The molecule has 0 saturated carbocycles. The molecule has 1 aliphatic rings. The number of nitrogens with zero attached hydrogens (tertiary/aromatic N) is 2. The van der Waals surface area contributed by atoms with Gasteiger partial charge in [0.15, 0.2) is 0 Å². The van der Waals surface area contributed by atoms with Crippen molar-refractivity contribution in [3.8, 4) is 0 Å². The van der Waals surface area contributed by atoms with Crippen molar-refractivity contribution in [2.75, 3.05) is 0 Å². The smallest absolute Gasteiger partial charge is 0.211 e. The van der Waals surface area contributed by atoms with Crippen LogP contribution < -0.4 is 0 Å². The standard InChI is InChI=1S/C47H74N2/c1-5-9-13-16-19-20-21-22-25-31-41-33-29-35-43(39-41)47-45(37-27-24-18-15-11-7-3)44(36-26-23-17-14-10-6-2)46(49(47)48)42-34-28-32-40(38-42)30-12-8-4/h28-29,32-35,38-39H,5-27,30-31,36-37H2,1-4H3. The van der Waals surface area contributed by atoms with Gasteiger partial charge in [-0.25, -0.2) is 4.70 Å². The molecule has 2 nitrogen and oxygen atoms in total. The first-order valence-electron chi connectivity index (χ1n) is 21.3. The quantitative estimate of drug-likeness (QED) is 0.0610. The van der Waals surface area contributed by atoms with Gasteiger partial charge < -0.3 is 5.53 Å². The zero-order chi connectivity index (χ0) is 34.9. The molecule has 0 amide bonds. The Hall–Kier alpha value is -2.48. The van der Waals surface area contributed by atoms with Crippen LogP contribution in [0.25, 0.3) is 16.9 Å². The van der Waals surface area contributed by atoms with E-state index < -0.39 is 0 Å². The lowest BCUT2D eigenvalue weighted by Crippen LogP contribution is -2.03. The zero-order valence-electron chi connectivity index (χ0n) is 32.6. The maximum absolute atomic E-state index is 12.3. The minimum Gasteiger partial charge on any atom is -0.493 e. The largest absolute Gasteiger partial charge is 0.493 e. The molecule has 0 radical (unpaired) electrons. The fourth-order valence-electron chi connectivity index (χ4n) is 7.72. The topological polar surface area (TPSA) is 25.3 Å². The molecular weight excluding hydrogens is 593 g/mol. The van der Waals surface area contributed by atoms with Crippen LogP contribution in [0.1, 0.15) is 210 Å². The van der Waals surface area contributed by atoms with Crippen LogP contribution in [0.15, 0.2) is 59.7 Å². The summed E-state index contributed by atoms with van der Waals surface area (Å²) in [7, 11) is 0. The van der Waals surface area contributed by atoms with Crippen molar-refractivity contribution in [2.45, 2.75) is 201 Å². The van der Waals surface area contributed by atoms with E-state index in [2.05, 4.69) is 76.2 Å². The van der Waals surface area contributed by atoms with Crippen LogP contribution in [0, 0.1) is 0 Å². The highest BCUT2D eigenvalue weighted by Gasteiger charge is 2.35. The molecule has 2 heteroatoms. The van der Waals surface area contributed by atoms with Crippen molar-refractivity contribution >= 4 is 11.4 Å². The average molecular weight is 667 g/mol. The first-order valence-corrected chi connectivity index (χ1v) is 21.3. The number of allylic oxidation sites excluding steroid dienone is 2. The lowest BCUT2D eigenvalue weighted by molar-refractivity contribution is -0.345. The molecule has 272 valence electrons. The number of hydrogen-bond acceptors (Lipinski definition) is 0. The van der Waals surface area contributed by atoms with Crippen LogP contribution in [0.4, 0.5) is 0 Å². The van der Waals surface area contributed by atoms with Gasteiger partial charge in [-0.3, -0.25) is 0 Å². The third-order valence-electron chi connectivity index (χ3n) is 10.7. The molecule has 0 aliphatic carbocycles. The third kappa shape index (κ3) is 14.7. The molecule has 0 atom stereocenters. The third-order valence-corrected chi connectivity index (χ3v) is 10.7. The summed E-state index contributed by atoms with van der Waals surface area (Å²) >= 11 is 0. The second-order valence-corrected chi connectivity index (χ2v) is 15.1. The van der Waals surface area contributed by atoms with E-state index in [-0.39, 0.29) is 0 Å². The van der Waals surface area contributed by atoms with E-state index in [9.17, 15) is 5.53 Å². The van der Waals surface area contributed by atoms with E-state index in [1.807, 2.05) is 0 Å². The second-order valence-electron chi connectivity index (χ2n) is 15.1. The van der Waals surface area contributed by atoms with Crippen molar-refractivity contribution in [3.63, 3.8) is 0 Å². The number of hydrogen-bond donors (Lipinski definition) is 0. The lowest BCUT2D eigenvalue weighted by atomic mass is 9.90. The summed E-state index contributed by atoms with van der Waals surface area (Å²) in [5, 5.41) is 0. The molecule has 0 spiro atoms. The summed E-state index contributed by atoms with van der Waals surface area (Å²) < 4.78 is 1.62. The van der Waals surface area contributed by atoms with E-state index in [0.717, 1.165) is 37.1 Å². The molecule has 2 aromatic carbocycles. The van der Waals surface area contributed by atoms with Crippen molar-refractivity contribution in [1.29, 1.82) is 0 Å². The van der Waals surface area contributed by atoms with E-state index in [4.69, 9.17) is 0 Å². The van der Waals surface area contributed by atoms with Gasteiger partial charge in [0, 0.05) is 22.3 Å². The average Bonchev–Trinajstić information content (AvgIpc) is 3.40. The first kappa shape index (κ1) is 40.9. The maximum atomic E-state index is 12.3. The molecule has 0 fully saturated rings. The summed E-state index contributed by atoms with van der Waals surface area (Å²) in [6.45, 7) is 9.16. The Balaban J connectivity index is 1.87. The Morgan fingerprint density at radius 1 is 0.388 bits per heavy atom. The number of aryl methyl sites for hydroxylation is 2. The minimum atomic E-state index is 1.05. The van der Waals surface area contributed by atoms with Crippen LogP contribution in [-0.2, 0) is 12.8 Å². The Morgan fingerprint density at radius 3 is 1.10 bits per heavy atom. The van der Waals surface area contributed by atoms with E-state index in [0.29, 0.717) is 0 Å². The number of rotatable bonds is 29.